The third-order valence-corrected chi connectivity index (χ3v) is 7.74. The van der Waals surface area contributed by atoms with Crippen molar-refractivity contribution in [2.45, 2.75) is 31.7 Å². The van der Waals surface area contributed by atoms with Gasteiger partial charge in [-0.15, -0.1) is 0 Å². The zero-order chi connectivity index (χ0) is 27.4. The summed E-state index contributed by atoms with van der Waals surface area (Å²) >= 11 is 0. The van der Waals surface area contributed by atoms with Crippen molar-refractivity contribution in [3.63, 3.8) is 0 Å². The second kappa shape index (κ2) is 10.9. The van der Waals surface area contributed by atoms with Crippen LogP contribution in [0.25, 0.3) is 10.9 Å². The molecule has 1 heterocycles. The normalized spacial score (nSPS) is 11.3. The molecule has 10 heteroatoms. The minimum Gasteiger partial charge on any atom is -0.477 e. The smallest absolute Gasteiger partial charge is 0.292 e. The molecular weight excluding hydrogens is 506 g/mol. The van der Waals surface area contributed by atoms with Gasteiger partial charge in [-0.05, 0) is 48.7 Å². The van der Waals surface area contributed by atoms with E-state index in [0.717, 1.165) is 5.56 Å². The van der Waals surface area contributed by atoms with E-state index in [1.807, 2.05) is 37.3 Å². The van der Waals surface area contributed by atoms with E-state index >= 15 is 0 Å². The number of amides is 2. The van der Waals surface area contributed by atoms with Crippen molar-refractivity contribution in [2.24, 2.45) is 5.73 Å². The molecule has 4 rings (SSSR count). The van der Waals surface area contributed by atoms with Crippen molar-refractivity contribution in [3.8, 4) is 5.75 Å². The summed E-state index contributed by atoms with van der Waals surface area (Å²) in [5.41, 5.74) is 7.72. The molecule has 38 heavy (non-hydrogen) atoms. The number of carbonyl (C=O) groups excluding carboxylic acids is 3. The quantitative estimate of drug-likeness (QED) is 0.210. The maximum absolute atomic E-state index is 13.3. The highest BCUT2D eigenvalue weighted by Gasteiger charge is 2.27. The number of benzene rings is 3. The number of aromatic nitrogens is 1. The highest BCUT2D eigenvalue weighted by Crippen LogP contribution is 2.33. The molecule has 0 saturated heterocycles. The van der Waals surface area contributed by atoms with E-state index in [0.29, 0.717) is 23.0 Å². The number of Topliss-reactive ketones (excluding diaryl/α,β-unsaturated/α-hetero) is 1. The van der Waals surface area contributed by atoms with Crippen LogP contribution in [0.1, 0.15) is 44.5 Å². The Balaban J connectivity index is 1.65. The van der Waals surface area contributed by atoms with Crippen molar-refractivity contribution in [2.75, 3.05) is 5.94 Å². The van der Waals surface area contributed by atoms with E-state index in [1.165, 1.54) is 31.2 Å². The topological polar surface area (TPSA) is 148 Å². The lowest BCUT2D eigenvalue weighted by Gasteiger charge is -2.13. The number of hydrogen-bond acceptors (Lipinski definition) is 6. The highest BCUT2D eigenvalue weighted by atomic mass is 32.2. The van der Waals surface area contributed by atoms with Gasteiger partial charge in [-0.25, -0.2) is 8.42 Å². The van der Waals surface area contributed by atoms with Gasteiger partial charge in [-0.1, -0.05) is 49.4 Å². The molecule has 0 saturated carbocycles. The van der Waals surface area contributed by atoms with E-state index in [2.05, 4.69) is 10.3 Å². The number of hydrogen-bond donors (Lipinski definition) is 3. The van der Waals surface area contributed by atoms with Crippen molar-refractivity contribution in [3.05, 3.63) is 94.7 Å². The number of H-pyrrole nitrogens is 1. The van der Waals surface area contributed by atoms with Crippen LogP contribution in [0.2, 0.25) is 0 Å². The summed E-state index contributed by atoms with van der Waals surface area (Å²) in [6, 6.07) is 18.4. The number of aryl methyl sites for hydroxylation is 1. The van der Waals surface area contributed by atoms with Crippen LogP contribution in [0, 0.1) is 6.92 Å². The lowest BCUT2D eigenvalue weighted by molar-refractivity contribution is -0.117. The van der Waals surface area contributed by atoms with Crippen LogP contribution in [0.4, 0.5) is 0 Å². The summed E-state index contributed by atoms with van der Waals surface area (Å²) in [6.45, 7) is 3.52. The molecule has 0 aliphatic rings. The lowest BCUT2D eigenvalue weighted by atomic mass is 10.0. The second-order valence-corrected chi connectivity index (χ2v) is 10.6. The van der Waals surface area contributed by atoms with Gasteiger partial charge < -0.3 is 20.8 Å². The largest absolute Gasteiger partial charge is 0.477 e. The number of carbonyl (C=O) groups is 3. The van der Waals surface area contributed by atoms with Gasteiger partial charge in [-0.3, -0.25) is 14.4 Å². The van der Waals surface area contributed by atoms with Crippen molar-refractivity contribution >= 4 is 38.3 Å². The van der Waals surface area contributed by atoms with Crippen molar-refractivity contribution in [1.29, 1.82) is 0 Å². The number of rotatable bonds is 10. The van der Waals surface area contributed by atoms with Gasteiger partial charge >= 0.3 is 0 Å². The van der Waals surface area contributed by atoms with Gasteiger partial charge in [0.1, 0.15) is 5.75 Å². The molecule has 1 aromatic heterocycles. The summed E-state index contributed by atoms with van der Waals surface area (Å²) in [5.74, 6) is -2.91. The number of ether oxygens (including phenoxy) is 1. The number of fused-ring (bicyclic) bond motifs is 1. The second-order valence-electron chi connectivity index (χ2n) is 8.68. The highest BCUT2D eigenvalue weighted by molar-refractivity contribution is 7.91. The standard InChI is InChI=1S/C28H27N3O6S/c1-3-20-25(26(32)28(34)30-15-18-9-5-4-6-10-18)24-21(31-20)12-8-13-22(24)37-16-38(35,36)23-14-7-11-19(17(23)2)27(29)33/h4-14,31H,3,15-16H2,1-2H3,(H2,29,33)(H,30,34). The molecular formula is C28H27N3O6S. The monoisotopic (exact) mass is 533 g/mol. The maximum atomic E-state index is 13.3. The maximum Gasteiger partial charge on any atom is 0.292 e. The number of nitrogens with one attached hydrogen (secondary N) is 2. The fourth-order valence-corrected chi connectivity index (χ4v) is 5.57. The molecule has 0 aliphatic carbocycles. The average molecular weight is 534 g/mol. The van der Waals surface area contributed by atoms with E-state index in [9.17, 15) is 22.8 Å². The first-order valence-corrected chi connectivity index (χ1v) is 13.5. The Labute approximate surface area is 219 Å². The van der Waals surface area contributed by atoms with Gasteiger partial charge in [0.05, 0.1) is 21.4 Å². The number of nitrogens with two attached hydrogens (primary N) is 1. The van der Waals surface area contributed by atoms with E-state index < -0.39 is 33.4 Å². The zero-order valence-electron chi connectivity index (χ0n) is 20.9. The Kier molecular flexibility index (Phi) is 7.63. The summed E-state index contributed by atoms with van der Waals surface area (Å²) in [4.78, 5) is 40.8. The first-order valence-electron chi connectivity index (χ1n) is 11.9. The first-order chi connectivity index (χ1) is 18.1. The van der Waals surface area contributed by atoms with E-state index in [4.69, 9.17) is 10.5 Å². The molecule has 0 radical (unpaired) electrons. The van der Waals surface area contributed by atoms with Crippen molar-refractivity contribution < 1.29 is 27.5 Å². The molecule has 0 atom stereocenters. The van der Waals surface area contributed by atoms with Crippen LogP contribution >= 0.6 is 0 Å². The Morgan fingerprint density at radius 3 is 2.37 bits per heavy atom. The van der Waals surface area contributed by atoms with Gasteiger partial charge in [-0.2, -0.15) is 0 Å². The Morgan fingerprint density at radius 1 is 0.974 bits per heavy atom. The number of primary amides is 1. The molecule has 2 amide bonds. The average Bonchev–Trinajstić information content (AvgIpc) is 3.30. The predicted octanol–water partition coefficient (Wildman–Crippen LogP) is 3.45. The zero-order valence-corrected chi connectivity index (χ0v) is 21.7. The van der Waals surface area contributed by atoms with Gasteiger partial charge in [0, 0.05) is 17.8 Å². The summed E-state index contributed by atoms with van der Waals surface area (Å²) < 4.78 is 32.0. The summed E-state index contributed by atoms with van der Waals surface area (Å²) in [6.07, 6.45) is 0.429. The number of sulfone groups is 1. The van der Waals surface area contributed by atoms with Crippen LogP contribution in [0.3, 0.4) is 0 Å². The first kappa shape index (κ1) is 26.6. The lowest BCUT2D eigenvalue weighted by Crippen LogP contribution is -2.31. The summed E-state index contributed by atoms with van der Waals surface area (Å²) in [5, 5.41) is 2.97. The van der Waals surface area contributed by atoms with Crippen LogP contribution in [0.5, 0.6) is 5.75 Å². The Morgan fingerprint density at radius 2 is 1.68 bits per heavy atom. The molecule has 4 N–H and O–H groups in total. The van der Waals surface area contributed by atoms with Crippen molar-refractivity contribution in [1.82, 2.24) is 10.3 Å². The van der Waals surface area contributed by atoms with Crippen LogP contribution in [-0.4, -0.2) is 36.9 Å². The fourth-order valence-electron chi connectivity index (χ4n) is 4.30. The molecule has 4 aromatic rings. The third-order valence-electron chi connectivity index (χ3n) is 6.20. The van der Waals surface area contributed by atoms with Crippen LogP contribution < -0.4 is 15.8 Å². The number of aromatic amines is 1. The Bertz CT molecular complexity index is 1640. The summed E-state index contributed by atoms with van der Waals surface area (Å²) in [7, 11) is -4.01. The van der Waals surface area contributed by atoms with E-state index in [1.54, 1.807) is 12.1 Å². The molecule has 196 valence electrons. The SMILES string of the molecule is CCc1[nH]c2cccc(OCS(=O)(=O)c3cccc(C(N)=O)c3C)c2c1C(=O)C(=O)NCc1ccccc1. The van der Waals surface area contributed by atoms with Crippen LogP contribution in [-0.2, 0) is 27.6 Å². The van der Waals surface area contributed by atoms with Gasteiger partial charge in [0.25, 0.3) is 11.7 Å². The third kappa shape index (κ3) is 5.30. The van der Waals surface area contributed by atoms with Gasteiger partial charge in [0.15, 0.2) is 5.94 Å². The number of ketones is 1. The molecule has 0 aliphatic heterocycles. The molecule has 0 unspecified atom stereocenters. The predicted molar refractivity (Wildman–Crippen MR) is 143 cm³/mol. The molecule has 0 spiro atoms. The minimum atomic E-state index is -4.01. The molecule has 0 bridgehead atoms. The van der Waals surface area contributed by atoms with E-state index in [-0.39, 0.29) is 33.9 Å². The fraction of sp³-hybridized carbons (Fsp3) is 0.179. The molecule has 3 aromatic carbocycles. The minimum absolute atomic E-state index is 0.0825. The molecule has 9 nitrogen and oxygen atoms in total. The molecule has 0 fully saturated rings. The Hall–Kier alpha value is -4.44. The van der Waals surface area contributed by atoms with Crippen LogP contribution in [0.15, 0.2) is 71.6 Å². The van der Waals surface area contributed by atoms with Gasteiger partial charge in [0.2, 0.25) is 15.7 Å².